The molecule has 0 aliphatic carbocycles. The zero-order chi connectivity index (χ0) is 19.7. The minimum Gasteiger partial charge on any atom is -0.267 e. The average Bonchev–Trinajstić information content (AvgIpc) is 3.14. The van der Waals surface area contributed by atoms with Crippen molar-refractivity contribution in [3.63, 3.8) is 0 Å². The molecule has 5 heteroatoms. The highest BCUT2D eigenvalue weighted by Gasteiger charge is 2.17. The third kappa shape index (κ3) is 3.52. The monoisotopic (exact) mass is 406 g/mol. The van der Waals surface area contributed by atoms with Gasteiger partial charge in [0.05, 0.1) is 11.2 Å². The molecule has 0 saturated carbocycles. The number of thiophene rings is 1. The molecule has 2 heterocycles. The first-order valence-corrected chi connectivity index (χ1v) is 11.2. The summed E-state index contributed by atoms with van der Waals surface area (Å²) in [5.74, 6) is 0.929. The molecule has 3 nitrogen and oxygen atoms in total. The Labute approximate surface area is 173 Å². The van der Waals surface area contributed by atoms with Crippen molar-refractivity contribution in [1.29, 1.82) is 0 Å². The van der Waals surface area contributed by atoms with E-state index in [-0.39, 0.29) is 5.56 Å². The molecule has 0 saturated heterocycles. The quantitative estimate of drug-likeness (QED) is 0.291. The Hall–Kier alpha value is -2.37. The number of aryl methyl sites for hydroxylation is 2. The summed E-state index contributed by atoms with van der Waals surface area (Å²) in [6.07, 6.45) is 1.03. The highest BCUT2D eigenvalue weighted by molar-refractivity contribution is 7.99. The van der Waals surface area contributed by atoms with Crippen LogP contribution in [0.15, 0.2) is 64.5 Å². The summed E-state index contributed by atoms with van der Waals surface area (Å²) >= 11 is 3.17. The molecular formula is C23H22N2OS2. The van der Waals surface area contributed by atoms with Crippen LogP contribution in [-0.2, 0) is 0 Å². The predicted molar refractivity (Wildman–Crippen MR) is 121 cm³/mol. The van der Waals surface area contributed by atoms with Crippen LogP contribution >= 0.6 is 23.1 Å². The second-order valence-corrected chi connectivity index (χ2v) is 8.98. The topological polar surface area (TPSA) is 34.9 Å². The average molecular weight is 407 g/mol. The summed E-state index contributed by atoms with van der Waals surface area (Å²) in [6.45, 7) is 6.24. The maximum atomic E-state index is 13.5. The van der Waals surface area contributed by atoms with Gasteiger partial charge in [0.25, 0.3) is 5.56 Å². The van der Waals surface area contributed by atoms with E-state index in [1.54, 1.807) is 16.3 Å². The first-order chi connectivity index (χ1) is 13.6. The number of benzene rings is 2. The van der Waals surface area contributed by atoms with Gasteiger partial charge < -0.3 is 0 Å². The fourth-order valence-electron chi connectivity index (χ4n) is 3.17. The predicted octanol–water partition coefficient (Wildman–Crippen LogP) is 6.23. The minimum atomic E-state index is 0.0180. The van der Waals surface area contributed by atoms with Gasteiger partial charge in [0.15, 0.2) is 5.16 Å². The molecule has 0 fully saturated rings. The van der Waals surface area contributed by atoms with E-state index in [0.29, 0.717) is 4.70 Å². The van der Waals surface area contributed by atoms with E-state index in [0.717, 1.165) is 50.1 Å². The highest BCUT2D eigenvalue weighted by atomic mass is 32.2. The van der Waals surface area contributed by atoms with Gasteiger partial charge in [0.1, 0.15) is 4.70 Å². The van der Waals surface area contributed by atoms with E-state index in [1.165, 1.54) is 11.3 Å². The number of nitrogens with zero attached hydrogens (tertiary/aromatic N) is 2. The van der Waals surface area contributed by atoms with Gasteiger partial charge in [-0.2, -0.15) is 0 Å². The van der Waals surface area contributed by atoms with E-state index in [9.17, 15) is 4.79 Å². The highest BCUT2D eigenvalue weighted by Crippen LogP contribution is 2.33. The van der Waals surface area contributed by atoms with Crippen molar-refractivity contribution >= 4 is 33.3 Å². The molecule has 28 heavy (non-hydrogen) atoms. The van der Waals surface area contributed by atoms with Crippen molar-refractivity contribution in [3.8, 4) is 16.1 Å². The first kappa shape index (κ1) is 19.0. The summed E-state index contributed by atoms with van der Waals surface area (Å²) in [6, 6.07) is 18.4. The Morgan fingerprint density at radius 3 is 2.61 bits per heavy atom. The summed E-state index contributed by atoms with van der Waals surface area (Å²) in [5.41, 5.74) is 5.05. The van der Waals surface area contributed by atoms with Gasteiger partial charge in [-0.05, 0) is 49.1 Å². The molecule has 0 radical (unpaired) electrons. The maximum absolute atomic E-state index is 13.5. The lowest BCUT2D eigenvalue weighted by molar-refractivity contribution is 0.815. The van der Waals surface area contributed by atoms with Crippen LogP contribution in [0.4, 0.5) is 0 Å². The summed E-state index contributed by atoms with van der Waals surface area (Å²) in [7, 11) is 0. The van der Waals surface area contributed by atoms with E-state index in [1.807, 2.05) is 31.2 Å². The number of fused-ring (bicyclic) bond motifs is 1. The lowest BCUT2D eigenvalue weighted by Gasteiger charge is -2.14. The van der Waals surface area contributed by atoms with Crippen LogP contribution in [0.5, 0.6) is 0 Å². The van der Waals surface area contributed by atoms with E-state index >= 15 is 0 Å². The molecule has 4 aromatic rings. The van der Waals surface area contributed by atoms with Crippen LogP contribution in [0.25, 0.3) is 26.3 Å². The SMILES string of the molecule is CCCSc1nc2cc(-c3ccccc3)sc2c(=O)n1-c1cc(C)ccc1C. The van der Waals surface area contributed by atoms with Crippen LogP contribution < -0.4 is 5.56 Å². The summed E-state index contributed by atoms with van der Waals surface area (Å²) in [4.78, 5) is 19.5. The van der Waals surface area contributed by atoms with E-state index in [2.05, 4.69) is 44.2 Å². The summed E-state index contributed by atoms with van der Waals surface area (Å²) in [5, 5.41) is 0.769. The normalized spacial score (nSPS) is 11.2. The fraction of sp³-hybridized carbons (Fsp3) is 0.217. The third-order valence-corrected chi connectivity index (χ3v) is 6.92. The van der Waals surface area contributed by atoms with Crippen molar-refractivity contribution in [2.75, 3.05) is 5.75 Å². The van der Waals surface area contributed by atoms with Crippen LogP contribution in [0.3, 0.4) is 0 Å². The molecule has 2 aromatic carbocycles. The number of hydrogen-bond donors (Lipinski definition) is 0. The van der Waals surface area contributed by atoms with Gasteiger partial charge in [-0.1, -0.05) is 61.2 Å². The molecule has 0 spiro atoms. The molecule has 0 atom stereocenters. The van der Waals surface area contributed by atoms with E-state index < -0.39 is 0 Å². The lowest BCUT2D eigenvalue weighted by Crippen LogP contribution is -2.21. The molecular weight excluding hydrogens is 384 g/mol. The molecule has 0 aliphatic rings. The Balaban J connectivity index is 1.98. The second-order valence-electron chi connectivity index (χ2n) is 6.86. The molecule has 0 unspecified atom stereocenters. The van der Waals surface area contributed by atoms with Gasteiger partial charge in [-0.25, -0.2) is 4.98 Å². The van der Waals surface area contributed by atoms with Crippen molar-refractivity contribution in [3.05, 3.63) is 76.1 Å². The zero-order valence-electron chi connectivity index (χ0n) is 16.2. The summed E-state index contributed by atoms with van der Waals surface area (Å²) < 4.78 is 2.51. The Bertz CT molecular complexity index is 1190. The van der Waals surface area contributed by atoms with Gasteiger partial charge in [0, 0.05) is 10.6 Å². The Kier molecular flexibility index (Phi) is 5.38. The van der Waals surface area contributed by atoms with Crippen LogP contribution in [-0.4, -0.2) is 15.3 Å². The molecule has 0 amide bonds. The molecule has 142 valence electrons. The van der Waals surface area contributed by atoms with Crippen molar-refractivity contribution in [2.45, 2.75) is 32.3 Å². The Morgan fingerprint density at radius 1 is 1.07 bits per heavy atom. The second kappa shape index (κ2) is 7.94. The molecule has 0 aliphatic heterocycles. The number of hydrogen-bond acceptors (Lipinski definition) is 4. The number of aromatic nitrogens is 2. The smallest absolute Gasteiger partial charge is 0.267 e. The van der Waals surface area contributed by atoms with Crippen LogP contribution in [0, 0.1) is 13.8 Å². The number of thioether (sulfide) groups is 1. The van der Waals surface area contributed by atoms with Gasteiger partial charge in [-0.15, -0.1) is 11.3 Å². The fourth-order valence-corrected chi connectivity index (χ4v) is 5.06. The minimum absolute atomic E-state index is 0.0180. The largest absolute Gasteiger partial charge is 0.276 e. The molecule has 0 bridgehead atoms. The van der Waals surface area contributed by atoms with Gasteiger partial charge in [-0.3, -0.25) is 9.36 Å². The standard InChI is InChI=1S/C23H22N2OS2/c1-4-12-27-23-24-18-14-20(17-8-6-5-7-9-17)28-21(18)22(26)25(23)19-13-15(2)10-11-16(19)3/h5-11,13-14H,4,12H2,1-3H3. The lowest BCUT2D eigenvalue weighted by atomic mass is 10.1. The third-order valence-electron chi connectivity index (χ3n) is 4.62. The van der Waals surface area contributed by atoms with E-state index in [4.69, 9.17) is 4.98 Å². The van der Waals surface area contributed by atoms with Gasteiger partial charge in [0.2, 0.25) is 0 Å². The van der Waals surface area contributed by atoms with Crippen molar-refractivity contribution < 1.29 is 0 Å². The maximum Gasteiger partial charge on any atom is 0.276 e. The van der Waals surface area contributed by atoms with Crippen LogP contribution in [0.1, 0.15) is 24.5 Å². The molecule has 4 rings (SSSR count). The van der Waals surface area contributed by atoms with Crippen molar-refractivity contribution in [1.82, 2.24) is 9.55 Å². The van der Waals surface area contributed by atoms with Crippen molar-refractivity contribution in [2.24, 2.45) is 0 Å². The van der Waals surface area contributed by atoms with Gasteiger partial charge >= 0.3 is 0 Å². The zero-order valence-corrected chi connectivity index (χ0v) is 17.9. The first-order valence-electron chi connectivity index (χ1n) is 9.41. The Morgan fingerprint density at radius 2 is 1.86 bits per heavy atom. The molecule has 0 N–H and O–H groups in total. The van der Waals surface area contributed by atoms with Crippen LogP contribution in [0.2, 0.25) is 0 Å². The number of rotatable bonds is 5. The molecule has 2 aromatic heterocycles.